The first-order valence-corrected chi connectivity index (χ1v) is 12.8. The summed E-state index contributed by atoms with van der Waals surface area (Å²) in [6, 6.07) is 23.1. The minimum Gasteiger partial charge on any atom is -0.351 e. The lowest BCUT2D eigenvalue weighted by atomic mass is 10.1. The molecule has 0 spiro atoms. The molecule has 2 rings (SSSR count). The van der Waals surface area contributed by atoms with Crippen molar-refractivity contribution in [2.75, 3.05) is 16.5 Å². The van der Waals surface area contributed by atoms with Crippen molar-refractivity contribution >= 4 is 11.4 Å². The number of hydrogen-bond acceptors (Lipinski definition) is 2. The molecule has 2 atom stereocenters. The summed E-state index contributed by atoms with van der Waals surface area (Å²) in [5.74, 6) is 0. The second-order valence-electron chi connectivity index (χ2n) is 9.15. The molecule has 31 heavy (non-hydrogen) atoms. The normalized spacial score (nSPS) is 13.0. The average molecular weight is 423 g/mol. The summed E-state index contributed by atoms with van der Waals surface area (Å²) in [6.07, 6.45) is 13.1. The van der Waals surface area contributed by atoms with Crippen LogP contribution < -0.4 is 9.80 Å². The van der Waals surface area contributed by atoms with E-state index >= 15 is 0 Å². The van der Waals surface area contributed by atoms with Gasteiger partial charge in [0.25, 0.3) is 0 Å². The van der Waals surface area contributed by atoms with Crippen LogP contribution in [0.2, 0.25) is 0 Å². The molecule has 0 N–H and O–H groups in total. The van der Waals surface area contributed by atoms with Gasteiger partial charge in [0.2, 0.25) is 0 Å². The maximum absolute atomic E-state index is 2.63. The van der Waals surface area contributed by atoms with Gasteiger partial charge in [-0.2, -0.15) is 0 Å². The molecular formula is C29H46N2. The number of hydrogen-bond donors (Lipinski definition) is 0. The van der Waals surface area contributed by atoms with Gasteiger partial charge in [0.15, 0.2) is 0 Å². The van der Waals surface area contributed by atoms with Crippen molar-refractivity contribution in [1.82, 2.24) is 0 Å². The molecule has 0 radical (unpaired) electrons. The van der Waals surface area contributed by atoms with Crippen LogP contribution in [0.1, 0.15) is 91.9 Å². The Kier molecular flexibility index (Phi) is 12.2. The summed E-state index contributed by atoms with van der Waals surface area (Å²) in [5, 5.41) is 0. The molecule has 0 aliphatic heterocycles. The van der Waals surface area contributed by atoms with Gasteiger partial charge in [-0.25, -0.2) is 0 Å². The van der Waals surface area contributed by atoms with Crippen molar-refractivity contribution in [3.63, 3.8) is 0 Å². The summed E-state index contributed by atoms with van der Waals surface area (Å²) < 4.78 is 0. The third-order valence-corrected chi connectivity index (χ3v) is 6.50. The Labute approximate surface area is 192 Å². The van der Waals surface area contributed by atoms with E-state index in [1.165, 1.54) is 75.6 Å². The third-order valence-electron chi connectivity index (χ3n) is 6.50. The number of nitrogens with zero attached hydrogens (tertiary/aromatic N) is 2. The summed E-state index contributed by atoms with van der Waals surface area (Å²) in [5.41, 5.74) is 2.68. The number of rotatable bonds is 16. The van der Waals surface area contributed by atoms with Gasteiger partial charge in [0, 0.05) is 23.5 Å². The Balaban J connectivity index is 2.18. The van der Waals surface area contributed by atoms with Crippen LogP contribution in [0.15, 0.2) is 60.7 Å². The first kappa shape index (κ1) is 25.3. The Morgan fingerprint density at radius 1 is 0.548 bits per heavy atom. The molecule has 2 nitrogen and oxygen atoms in total. The van der Waals surface area contributed by atoms with Crippen LogP contribution in [0.25, 0.3) is 0 Å². The van der Waals surface area contributed by atoms with Crippen LogP contribution in [0, 0.1) is 0 Å². The average Bonchev–Trinajstić information content (AvgIpc) is 2.81. The Bertz CT molecular complexity index is 610. The smallest absolute Gasteiger partial charge is 0.0908 e. The quantitative estimate of drug-likeness (QED) is 0.197. The maximum Gasteiger partial charge on any atom is 0.0908 e. The molecule has 172 valence electrons. The highest BCUT2D eigenvalue weighted by Gasteiger charge is 2.21. The second kappa shape index (κ2) is 14.9. The van der Waals surface area contributed by atoms with Crippen molar-refractivity contribution < 1.29 is 0 Å². The van der Waals surface area contributed by atoms with Crippen LogP contribution in [0.4, 0.5) is 11.4 Å². The first-order valence-electron chi connectivity index (χ1n) is 12.8. The fourth-order valence-electron chi connectivity index (χ4n) is 4.40. The van der Waals surface area contributed by atoms with Crippen LogP contribution in [-0.2, 0) is 0 Å². The van der Waals surface area contributed by atoms with Gasteiger partial charge in [-0.05, 0) is 51.0 Å². The van der Waals surface area contributed by atoms with Crippen molar-refractivity contribution in [3.05, 3.63) is 60.7 Å². The zero-order valence-electron chi connectivity index (χ0n) is 20.6. The predicted octanol–water partition coefficient (Wildman–Crippen LogP) is 8.67. The van der Waals surface area contributed by atoms with Crippen LogP contribution in [0.3, 0.4) is 0 Å². The van der Waals surface area contributed by atoms with Gasteiger partial charge in [-0.1, -0.05) is 102 Å². The highest BCUT2D eigenvalue weighted by atomic mass is 15.3. The molecule has 0 saturated heterocycles. The molecule has 0 aromatic heterocycles. The summed E-state index contributed by atoms with van der Waals surface area (Å²) in [7, 11) is 0. The van der Waals surface area contributed by atoms with Crippen molar-refractivity contribution in [3.8, 4) is 0 Å². The molecule has 2 heteroatoms. The van der Waals surface area contributed by atoms with Crippen molar-refractivity contribution in [1.29, 1.82) is 0 Å². The first-order chi connectivity index (χ1) is 15.2. The molecule has 0 fully saturated rings. The number of para-hydroxylation sites is 2. The molecule has 0 bridgehead atoms. The van der Waals surface area contributed by atoms with E-state index < -0.39 is 0 Å². The molecule has 0 aliphatic rings. The van der Waals surface area contributed by atoms with Gasteiger partial charge in [0.1, 0.15) is 0 Å². The molecule has 0 saturated carbocycles. The van der Waals surface area contributed by atoms with Gasteiger partial charge in [-0.3, -0.25) is 0 Å². The van der Waals surface area contributed by atoms with E-state index in [0.29, 0.717) is 12.1 Å². The van der Waals surface area contributed by atoms with E-state index in [0.717, 1.165) is 6.67 Å². The largest absolute Gasteiger partial charge is 0.351 e. The molecule has 0 aliphatic carbocycles. The monoisotopic (exact) mass is 422 g/mol. The van der Waals surface area contributed by atoms with Crippen LogP contribution >= 0.6 is 0 Å². The number of benzene rings is 2. The van der Waals surface area contributed by atoms with Gasteiger partial charge in [0.05, 0.1) is 6.67 Å². The van der Waals surface area contributed by atoms with E-state index in [9.17, 15) is 0 Å². The highest BCUT2D eigenvalue weighted by molar-refractivity contribution is 5.52. The summed E-state index contributed by atoms with van der Waals surface area (Å²) >= 11 is 0. The van der Waals surface area contributed by atoms with E-state index in [1.807, 2.05) is 0 Å². The standard InChI is InChI=1S/C29H46N2/c1-5-7-9-13-19-26(3)30(28-21-15-11-16-22-28)25-31(29-23-17-12-18-24-29)27(4)20-14-10-8-6-2/h11-12,15-18,21-24,26-27H,5-10,13-14,19-20,25H2,1-4H3. The SMILES string of the molecule is CCCCCCC(C)N(CN(c1ccccc1)C(C)CCCCCC)c1ccccc1. The zero-order valence-corrected chi connectivity index (χ0v) is 20.6. The Morgan fingerprint density at radius 3 is 1.29 bits per heavy atom. The molecule has 0 heterocycles. The molecule has 2 aromatic rings. The maximum atomic E-state index is 2.63. The van der Waals surface area contributed by atoms with E-state index in [4.69, 9.17) is 0 Å². The summed E-state index contributed by atoms with van der Waals surface area (Å²) in [4.78, 5) is 5.25. The molecular weight excluding hydrogens is 376 g/mol. The van der Waals surface area contributed by atoms with Gasteiger partial charge in [-0.15, -0.1) is 0 Å². The summed E-state index contributed by atoms with van der Waals surface area (Å²) in [6.45, 7) is 10.3. The number of unbranched alkanes of at least 4 members (excludes halogenated alkanes) is 6. The highest BCUT2D eigenvalue weighted by Crippen LogP contribution is 2.26. The van der Waals surface area contributed by atoms with E-state index in [2.05, 4.69) is 98.2 Å². The predicted molar refractivity (Wildman–Crippen MR) is 139 cm³/mol. The number of anilines is 2. The molecule has 2 aromatic carbocycles. The third kappa shape index (κ3) is 8.97. The second-order valence-corrected chi connectivity index (χ2v) is 9.15. The minimum atomic E-state index is 0.526. The minimum absolute atomic E-state index is 0.526. The Morgan fingerprint density at radius 2 is 0.935 bits per heavy atom. The lowest BCUT2D eigenvalue weighted by molar-refractivity contribution is 0.495. The van der Waals surface area contributed by atoms with Crippen molar-refractivity contribution in [2.45, 2.75) is 104 Å². The fraction of sp³-hybridized carbons (Fsp3) is 0.586. The van der Waals surface area contributed by atoms with Crippen molar-refractivity contribution in [2.24, 2.45) is 0 Å². The lowest BCUT2D eigenvalue weighted by Gasteiger charge is -2.40. The molecule has 0 amide bonds. The van der Waals surface area contributed by atoms with Gasteiger partial charge >= 0.3 is 0 Å². The Hall–Kier alpha value is -1.96. The molecule has 2 unspecified atom stereocenters. The van der Waals surface area contributed by atoms with E-state index in [1.54, 1.807) is 0 Å². The zero-order chi connectivity index (χ0) is 22.3. The van der Waals surface area contributed by atoms with E-state index in [-0.39, 0.29) is 0 Å². The fourth-order valence-corrected chi connectivity index (χ4v) is 4.40. The van der Waals surface area contributed by atoms with Crippen LogP contribution in [-0.4, -0.2) is 18.8 Å². The van der Waals surface area contributed by atoms with Gasteiger partial charge < -0.3 is 9.80 Å². The lowest BCUT2D eigenvalue weighted by Crippen LogP contribution is -2.46. The topological polar surface area (TPSA) is 6.48 Å². The van der Waals surface area contributed by atoms with Crippen LogP contribution in [0.5, 0.6) is 0 Å².